The van der Waals surface area contributed by atoms with Crippen molar-refractivity contribution < 1.29 is 24.4 Å². The lowest BCUT2D eigenvalue weighted by Gasteiger charge is -2.22. The maximum atomic E-state index is 13.3. The molecule has 1 fully saturated rings. The fraction of sp³-hybridized carbons (Fsp3) is 0.0833. The van der Waals surface area contributed by atoms with Crippen molar-refractivity contribution >= 4 is 61.4 Å². The summed E-state index contributed by atoms with van der Waals surface area (Å²) in [6.45, 7) is 0. The number of nitro benzene ring substituents is 1. The second-order valence-corrected chi connectivity index (χ2v) is 9.09. The second-order valence-electron chi connectivity index (χ2n) is 7.68. The van der Waals surface area contributed by atoms with E-state index in [4.69, 9.17) is 16.3 Å². The number of aliphatic hydroxyl groups excluding tert-OH is 1. The predicted octanol–water partition coefficient (Wildman–Crippen LogP) is 4.89. The van der Waals surface area contributed by atoms with E-state index >= 15 is 0 Å². The summed E-state index contributed by atoms with van der Waals surface area (Å²) < 4.78 is 5.60. The van der Waals surface area contributed by atoms with Crippen molar-refractivity contribution in [1.82, 2.24) is 9.97 Å². The number of non-ortho nitro benzene ring substituents is 1. The maximum Gasteiger partial charge on any atom is 0.301 e. The number of nitro groups is 1. The van der Waals surface area contributed by atoms with Crippen LogP contribution in [0.5, 0.6) is 5.75 Å². The monoisotopic (exact) mass is 522 g/mol. The van der Waals surface area contributed by atoms with Crippen molar-refractivity contribution in [3.05, 3.63) is 92.8 Å². The van der Waals surface area contributed by atoms with Gasteiger partial charge < -0.3 is 9.84 Å². The standard InChI is InChI=1S/C24H15ClN4O6S/c1-35-17-8-5-12(10-14(17)25)21(30)19-20(16-4-2-3-9-26-16)28(23(32)22(19)31)24-27-15-7-6-13(29(33)34)11-18(15)36-24/h2-11,20,30H,1H3/b21-19+. The number of thiazole rings is 1. The van der Waals surface area contributed by atoms with Gasteiger partial charge in [0.25, 0.3) is 11.5 Å². The van der Waals surface area contributed by atoms with E-state index in [1.807, 2.05) is 0 Å². The Kier molecular flexibility index (Phi) is 5.86. The van der Waals surface area contributed by atoms with Crippen LogP contribution in [0.1, 0.15) is 17.3 Å². The summed E-state index contributed by atoms with van der Waals surface area (Å²) in [6.07, 6.45) is 1.50. The summed E-state index contributed by atoms with van der Waals surface area (Å²) in [5.41, 5.74) is 0.634. The number of nitrogens with zero attached hydrogens (tertiary/aromatic N) is 4. The summed E-state index contributed by atoms with van der Waals surface area (Å²) in [5, 5.41) is 22.7. The van der Waals surface area contributed by atoms with E-state index in [9.17, 15) is 24.8 Å². The zero-order chi connectivity index (χ0) is 25.6. The Labute approximate surface area is 212 Å². The molecule has 5 rings (SSSR count). The molecule has 10 nitrogen and oxygen atoms in total. The molecule has 1 N–H and O–H groups in total. The summed E-state index contributed by atoms with van der Waals surface area (Å²) >= 11 is 7.23. The number of pyridine rings is 1. The second kappa shape index (κ2) is 9.02. The number of amides is 1. The zero-order valence-electron chi connectivity index (χ0n) is 18.4. The topological polar surface area (TPSA) is 136 Å². The highest BCUT2D eigenvalue weighted by atomic mass is 35.5. The number of hydrogen-bond donors (Lipinski definition) is 1. The molecule has 2 aromatic carbocycles. The highest BCUT2D eigenvalue weighted by molar-refractivity contribution is 7.22. The first-order valence-corrected chi connectivity index (χ1v) is 11.6. The lowest BCUT2D eigenvalue weighted by atomic mass is 9.98. The Morgan fingerprint density at radius 1 is 1.19 bits per heavy atom. The molecule has 12 heteroatoms. The molecule has 1 unspecified atom stereocenters. The molecule has 1 aliphatic rings. The molecule has 0 bridgehead atoms. The van der Waals surface area contributed by atoms with Crippen molar-refractivity contribution in [2.45, 2.75) is 6.04 Å². The molecule has 1 saturated heterocycles. The van der Waals surface area contributed by atoms with E-state index in [2.05, 4.69) is 9.97 Å². The van der Waals surface area contributed by atoms with Gasteiger partial charge in [0, 0.05) is 23.9 Å². The van der Waals surface area contributed by atoms with E-state index in [1.54, 1.807) is 18.2 Å². The largest absolute Gasteiger partial charge is 0.507 e. The molecule has 0 saturated carbocycles. The van der Waals surface area contributed by atoms with Crippen LogP contribution in [0.3, 0.4) is 0 Å². The maximum absolute atomic E-state index is 13.3. The zero-order valence-corrected chi connectivity index (χ0v) is 20.0. The number of aromatic nitrogens is 2. The number of rotatable bonds is 5. The van der Waals surface area contributed by atoms with Crippen LogP contribution in [-0.2, 0) is 9.59 Å². The van der Waals surface area contributed by atoms with Gasteiger partial charge in [-0.25, -0.2) is 4.98 Å². The molecular weight excluding hydrogens is 508 g/mol. The Morgan fingerprint density at radius 2 is 2.00 bits per heavy atom. The van der Waals surface area contributed by atoms with Crippen molar-refractivity contribution in [2.75, 3.05) is 12.0 Å². The normalized spacial score (nSPS) is 17.1. The number of ether oxygens (including phenoxy) is 1. The highest BCUT2D eigenvalue weighted by Gasteiger charge is 2.48. The molecule has 4 aromatic rings. The van der Waals surface area contributed by atoms with Crippen LogP contribution in [-0.4, -0.2) is 38.8 Å². The minimum absolute atomic E-state index is 0.127. The van der Waals surface area contributed by atoms with Crippen LogP contribution in [0.2, 0.25) is 5.02 Å². The summed E-state index contributed by atoms with van der Waals surface area (Å²) in [7, 11) is 1.44. The number of benzene rings is 2. The smallest absolute Gasteiger partial charge is 0.301 e. The van der Waals surface area contributed by atoms with E-state index < -0.39 is 28.4 Å². The molecule has 2 aromatic heterocycles. The third kappa shape index (κ3) is 3.84. The first-order valence-electron chi connectivity index (χ1n) is 10.4. The van der Waals surface area contributed by atoms with Gasteiger partial charge in [-0.2, -0.15) is 0 Å². The van der Waals surface area contributed by atoms with Crippen molar-refractivity contribution in [1.29, 1.82) is 0 Å². The van der Waals surface area contributed by atoms with Gasteiger partial charge in [0.2, 0.25) is 0 Å². The van der Waals surface area contributed by atoms with Crippen LogP contribution in [0, 0.1) is 10.1 Å². The van der Waals surface area contributed by atoms with Gasteiger partial charge in [-0.3, -0.25) is 29.6 Å². The molecule has 36 heavy (non-hydrogen) atoms. The molecular formula is C24H15ClN4O6S. The number of carbonyl (C=O) groups excluding carboxylic acids is 2. The summed E-state index contributed by atoms with van der Waals surface area (Å²) in [6, 6.07) is 12.5. The fourth-order valence-corrected chi connectivity index (χ4v) is 5.22. The third-order valence-corrected chi connectivity index (χ3v) is 6.93. The number of carbonyl (C=O) groups is 2. The average molecular weight is 523 g/mol. The first-order chi connectivity index (χ1) is 17.3. The molecule has 0 aliphatic carbocycles. The van der Waals surface area contributed by atoms with Crippen molar-refractivity contribution in [3.8, 4) is 5.75 Å². The van der Waals surface area contributed by atoms with E-state index in [0.29, 0.717) is 21.7 Å². The van der Waals surface area contributed by atoms with Crippen LogP contribution < -0.4 is 9.64 Å². The first kappa shape index (κ1) is 23.4. The molecule has 1 aliphatic heterocycles. The number of anilines is 1. The Hall–Kier alpha value is -4.35. The fourth-order valence-electron chi connectivity index (χ4n) is 3.93. The molecule has 0 radical (unpaired) electrons. The van der Waals surface area contributed by atoms with Gasteiger partial charge in [0.15, 0.2) is 5.13 Å². The van der Waals surface area contributed by atoms with Crippen LogP contribution >= 0.6 is 22.9 Å². The van der Waals surface area contributed by atoms with Gasteiger partial charge in [0.1, 0.15) is 17.6 Å². The number of methoxy groups -OCH3 is 1. The van der Waals surface area contributed by atoms with E-state index in [1.165, 1.54) is 49.7 Å². The van der Waals surface area contributed by atoms with Crippen molar-refractivity contribution in [3.63, 3.8) is 0 Å². The summed E-state index contributed by atoms with van der Waals surface area (Å²) in [5.74, 6) is -1.91. The van der Waals surface area contributed by atoms with E-state index in [-0.39, 0.29) is 27.0 Å². The minimum atomic E-state index is -1.09. The van der Waals surface area contributed by atoms with Crippen molar-refractivity contribution in [2.24, 2.45) is 0 Å². The third-order valence-electron chi connectivity index (χ3n) is 5.62. The SMILES string of the molecule is COc1ccc(/C(O)=C2\C(=O)C(=O)N(c3nc4ccc([N+](=O)[O-])cc4s3)C2c2ccccn2)cc1Cl. The van der Waals surface area contributed by atoms with Crippen LogP contribution in [0.25, 0.3) is 16.0 Å². The van der Waals surface area contributed by atoms with Gasteiger partial charge in [-0.15, -0.1) is 0 Å². The Morgan fingerprint density at radius 3 is 2.67 bits per heavy atom. The quantitative estimate of drug-likeness (QED) is 0.129. The molecule has 180 valence electrons. The molecule has 0 spiro atoms. The van der Waals surface area contributed by atoms with Gasteiger partial charge in [0.05, 0.1) is 38.5 Å². The highest BCUT2D eigenvalue weighted by Crippen LogP contribution is 2.44. The van der Waals surface area contributed by atoms with Gasteiger partial charge in [-0.1, -0.05) is 29.0 Å². The molecule has 1 atom stereocenters. The predicted molar refractivity (Wildman–Crippen MR) is 133 cm³/mol. The minimum Gasteiger partial charge on any atom is -0.507 e. The number of aliphatic hydroxyl groups is 1. The van der Waals surface area contributed by atoms with Crippen LogP contribution in [0.15, 0.2) is 66.4 Å². The van der Waals surface area contributed by atoms with E-state index in [0.717, 1.165) is 16.2 Å². The van der Waals surface area contributed by atoms with Gasteiger partial charge in [-0.05, 0) is 36.4 Å². The number of ketones is 1. The molecule has 3 heterocycles. The number of hydrogen-bond acceptors (Lipinski definition) is 9. The average Bonchev–Trinajstić information content (AvgIpc) is 3.41. The lowest BCUT2D eigenvalue weighted by Crippen LogP contribution is -2.29. The lowest BCUT2D eigenvalue weighted by molar-refractivity contribution is -0.384. The number of fused-ring (bicyclic) bond motifs is 1. The van der Waals surface area contributed by atoms with Crippen LogP contribution in [0.4, 0.5) is 10.8 Å². The summed E-state index contributed by atoms with van der Waals surface area (Å²) in [4.78, 5) is 47.1. The number of Topliss-reactive ketones (excluding diaryl/α,β-unsaturated/α-hetero) is 1. The Bertz CT molecular complexity index is 1590. The molecule has 1 amide bonds. The van der Waals surface area contributed by atoms with Gasteiger partial charge >= 0.3 is 5.91 Å². The number of halogens is 1. The Balaban J connectivity index is 1.70.